The van der Waals surface area contributed by atoms with Gasteiger partial charge >= 0.3 is 0 Å². The molecule has 1 aromatic heterocycles. The van der Waals surface area contributed by atoms with E-state index in [1.807, 2.05) is 31.2 Å². The van der Waals surface area contributed by atoms with Gasteiger partial charge in [-0.2, -0.15) is 10.2 Å². The van der Waals surface area contributed by atoms with Crippen molar-refractivity contribution in [1.29, 1.82) is 0 Å². The van der Waals surface area contributed by atoms with Crippen LogP contribution < -0.4 is 5.73 Å². The van der Waals surface area contributed by atoms with Crippen molar-refractivity contribution >= 4 is 23.5 Å². The summed E-state index contributed by atoms with van der Waals surface area (Å²) in [5.74, 6) is 0.332. The summed E-state index contributed by atoms with van der Waals surface area (Å²) in [4.78, 5) is 0. The molecule has 6 nitrogen and oxygen atoms in total. The van der Waals surface area contributed by atoms with Crippen LogP contribution in [0.3, 0.4) is 0 Å². The molecule has 0 unspecified atom stereocenters. The minimum Gasteiger partial charge on any atom is -0.502 e. The van der Waals surface area contributed by atoms with Crippen LogP contribution in [0.4, 0.5) is 0 Å². The zero-order valence-corrected chi connectivity index (χ0v) is 11.3. The largest absolute Gasteiger partial charge is 0.502 e. The molecule has 2 aromatic rings. The van der Waals surface area contributed by atoms with Crippen LogP contribution in [0.15, 0.2) is 40.7 Å². The topological polar surface area (TPSA) is 88.6 Å². The average molecular weight is 271 g/mol. The Bertz CT molecular complexity index is 657. The lowest BCUT2D eigenvalue weighted by Gasteiger charge is -2.00. The third-order valence-corrected chi connectivity index (χ3v) is 2.79. The molecule has 0 bridgehead atoms. The number of aromatic nitrogens is 2. The Labute approximate surface area is 117 Å². The van der Waals surface area contributed by atoms with E-state index >= 15 is 0 Å². The molecule has 0 spiro atoms. The number of aromatic amines is 1. The predicted octanol–water partition coefficient (Wildman–Crippen LogP) is 1.98. The van der Waals surface area contributed by atoms with Crippen molar-refractivity contribution in [1.82, 2.24) is 10.2 Å². The molecule has 0 radical (unpaired) electrons. The molecular formula is C14H17N5O. The molecule has 0 amide bonds. The van der Waals surface area contributed by atoms with E-state index in [2.05, 4.69) is 27.1 Å². The Morgan fingerprint density at radius 1 is 1.55 bits per heavy atom. The Morgan fingerprint density at radius 3 is 3.15 bits per heavy atom. The van der Waals surface area contributed by atoms with Crippen molar-refractivity contribution in [3.05, 3.63) is 41.8 Å². The maximum atomic E-state index is 5.81. The van der Waals surface area contributed by atoms with E-state index in [0.717, 1.165) is 22.2 Å². The fourth-order valence-electron chi connectivity index (χ4n) is 1.84. The first kappa shape index (κ1) is 13.8. The van der Waals surface area contributed by atoms with Crippen molar-refractivity contribution in [2.24, 2.45) is 15.9 Å². The fourth-order valence-corrected chi connectivity index (χ4v) is 1.84. The van der Waals surface area contributed by atoms with Gasteiger partial charge in [0.05, 0.1) is 18.4 Å². The molecule has 20 heavy (non-hydrogen) atoms. The van der Waals surface area contributed by atoms with Gasteiger partial charge in [0.2, 0.25) is 0 Å². The van der Waals surface area contributed by atoms with E-state index in [-0.39, 0.29) is 0 Å². The maximum absolute atomic E-state index is 5.81. The first-order chi connectivity index (χ1) is 9.76. The Kier molecular flexibility index (Phi) is 4.49. The third kappa shape index (κ3) is 3.03. The van der Waals surface area contributed by atoms with Gasteiger partial charge in [0, 0.05) is 29.8 Å². The summed E-state index contributed by atoms with van der Waals surface area (Å²) in [5.41, 5.74) is 8.48. The van der Waals surface area contributed by atoms with Crippen LogP contribution in [0.1, 0.15) is 18.2 Å². The number of rotatable bonds is 6. The second kappa shape index (κ2) is 6.51. The van der Waals surface area contributed by atoms with Crippen molar-refractivity contribution < 1.29 is 4.74 Å². The van der Waals surface area contributed by atoms with Crippen molar-refractivity contribution in [3.63, 3.8) is 0 Å². The predicted molar refractivity (Wildman–Crippen MR) is 80.8 cm³/mol. The van der Waals surface area contributed by atoms with Gasteiger partial charge in [0.25, 0.3) is 0 Å². The zero-order chi connectivity index (χ0) is 14.4. The smallest absolute Gasteiger partial charge is 0.153 e. The number of ether oxygens (including phenoxy) is 1. The quantitative estimate of drug-likeness (QED) is 0.364. The van der Waals surface area contributed by atoms with Gasteiger partial charge in [-0.15, -0.1) is 5.10 Å². The number of nitrogens with two attached hydrogens (primary N) is 1. The molecule has 0 saturated carbocycles. The minimum atomic E-state index is 0.332. The molecule has 0 atom stereocenters. The summed E-state index contributed by atoms with van der Waals surface area (Å²) >= 11 is 0. The maximum Gasteiger partial charge on any atom is 0.153 e. The number of hydrogen-bond donors (Lipinski definition) is 2. The van der Waals surface area contributed by atoms with Gasteiger partial charge in [-0.25, -0.2) is 0 Å². The van der Waals surface area contributed by atoms with E-state index in [1.165, 1.54) is 0 Å². The molecule has 0 aliphatic carbocycles. The van der Waals surface area contributed by atoms with E-state index in [1.54, 1.807) is 6.26 Å². The molecule has 1 aromatic carbocycles. The van der Waals surface area contributed by atoms with Crippen molar-refractivity contribution in [3.8, 4) is 0 Å². The molecule has 0 fully saturated rings. The summed E-state index contributed by atoms with van der Waals surface area (Å²) < 4.78 is 5.16. The van der Waals surface area contributed by atoms with E-state index in [9.17, 15) is 0 Å². The van der Waals surface area contributed by atoms with Crippen LogP contribution in [0.5, 0.6) is 0 Å². The average Bonchev–Trinajstić information content (AvgIpc) is 2.86. The highest BCUT2D eigenvalue weighted by atomic mass is 16.5. The number of hydrogen-bond acceptors (Lipinski definition) is 4. The van der Waals surface area contributed by atoms with Gasteiger partial charge in [-0.1, -0.05) is 0 Å². The van der Waals surface area contributed by atoms with Crippen LogP contribution in [0, 0.1) is 0 Å². The summed E-state index contributed by atoms with van der Waals surface area (Å²) in [6, 6.07) is 5.68. The molecular weight excluding hydrogens is 254 g/mol. The minimum absolute atomic E-state index is 0.332. The summed E-state index contributed by atoms with van der Waals surface area (Å²) in [6.07, 6.45) is 4.33. The highest BCUT2D eigenvalue weighted by molar-refractivity contribution is 6.00. The molecule has 6 heteroatoms. The van der Waals surface area contributed by atoms with Crippen LogP contribution in [-0.4, -0.2) is 29.4 Å². The number of benzene rings is 1. The van der Waals surface area contributed by atoms with Gasteiger partial charge in [0.1, 0.15) is 0 Å². The van der Waals surface area contributed by atoms with Gasteiger partial charge < -0.3 is 10.5 Å². The van der Waals surface area contributed by atoms with Crippen LogP contribution in [0.25, 0.3) is 10.9 Å². The number of nitrogens with zero attached hydrogens (tertiary/aromatic N) is 3. The normalized spacial score (nSPS) is 12.2. The first-order valence-corrected chi connectivity index (χ1v) is 6.29. The molecule has 0 saturated heterocycles. The highest BCUT2D eigenvalue weighted by Gasteiger charge is 2.07. The molecule has 0 aliphatic rings. The SMILES string of the molecule is C=N/N=C(\N)c1ccc2n[nH]c(C/C=C/OCC)c2c1. The Balaban J connectivity index is 2.30. The van der Waals surface area contributed by atoms with Crippen LogP contribution in [-0.2, 0) is 11.2 Å². The molecule has 1 heterocycles. The van der Waals surface area contributed by atoms with Crippen LogP contribution >= 0.6 is 0 Å². The molecule has 3 N–H and O–H groups in total. The van der Waals surface area contributed by atoms with E-state index in [4.69, 9.17) is 10.5 Å². The van der Waals surface area contributed by atoms with Gasteiger partial charge in [0.15, 0.2) is 5.84 Å². The van der Waals surface area contributed by atoms with E-state index in [0.29, 0.717) is 18.9 Å². The lowest BCUT2D eigenvalue weighted by atomic mass is 10.1. The molecule has 2 rings (SSSR count). The third-order valence-electron chi connectivity index (χ3n) is 2.79. The number of H-pyrrole nitrogens is 1. The zero-order valence-electron chi connectivity index (χ0n) is 11.3. The number of allylic oxidation sites excluding steroid dienone is 1. The molecule has 104 valence electrons. The standard InChI is InChI=1S/C14H17N5O/c1-3-20-8-4-5-12-11-9-10(14(15)19-16-2)6-7-13(11)18-17-12/h4,6-9H,2-3,5H2,1H3,(H2,15,19)(H,17,18)/b8-4+. The van der Waals surface area contributed by atoms with Crippen LogP contribution in [0.2, 0.25) is 0 Å². The monoisotopic (exact) mass is 271 g/mol. The summed E-state index contributed by atoms with van der Waals surface area (Å²) in [6.45, 7) is 5.90. The lowest BCUT2D eigenvalue weighted by Crippen LogP contribution is -2.12. The first-order valence-electron chi connectivity index (χ1n) is 6.29. The molecule has 0 aliphatic heterocycles. The fraction of sp³-hybridized carbons (Fsp3) is 0.214. The van der Waals surface area contributed by atoms with Crippen molar-refractivity contribution in [2.75, 3.05) is 6.61 Å². The Morgan fingerprint density at radius 2 is 2.40 bits per heavy atom. The second-order valence-electron chi connectivity index (χ2n) is 4.09. The Hall–Kier alpha value is -2.63. The van der Waals surface area contributed by atoms with Gasteiger partial charge in [-0.3, -0.25) is 5.10 Å². The number of fused-ring (bicyclic) bond motifs is 1. The lowest BCUT2D eigenvalue weighted by molar-refractivity contribution is 0.268. The van der Waals surface area contributed by atoms with Crippen molar-refractivity contribution in [2.45, 2.75) is 13.3 Å². The van der Waals surface area contributed by atoms with Gasteiger partial charge in [-0.05, 0) is 31.2 Å². The number of amidine groups is 1. The highest BCUT2D eigenvalue weighted by Crippen LogP contribution is 2.18. The summed E-state index contributed by atoms with van der Waals surface area (Å²) in [7, 11) is 0. The second-order valence-corrected chi connectivity index (χ2v) is 4.09. The van der Waals surface area contributed by atoms with E-state index < -0.39 is 0 Å². The number of nitrogens with one attached hydrogen (secondary N) is 1. The summed E-state index contributed by atoms with van der Waals surface area (Å²) in [5, 5.41) is 15.4.